The predicted molar refractivity (Wildman–Crippen MR) is 62.6 cm³/mol. The van der Waals surface area contributed by atoms with Gasteiger partial charge in [0.25, 0.3) is 0 Å². The van der Waals surface area contributed by atoms with Gasteiger partial charge in [0.1, 0.15) is 11.5 Å². The Morgan fingerprint density at radius 2 is 1.94 bits per heavy atom. The van der Waals surface area contributed by atoms with E-state index in [2.05, 4.69) is 4.72 Å². The molecule has 0 amide bonds. The van der Waals surface area contributed by atoms with Crippen LogP contribution in [0.3, 0.4) is 0 Å². The van der Waals surface area contributed by atoms with Crippen LogP contribution in [0.2, 0.25) is 0 Å². The highest BCUT2D eigenvalue weighted by Gasteiger charge is 2.11. The van der Waals surface area contributed by atoms with Crippen molar-refractivity contribution >= 4 is 15.7 Å². The molecule has 0 atom stereocenters. The van der Waals surface area contributed by atoms with Gasteiger partial charge in [0.15, 0.2) is 0 Å². The Hall–Kier alpha value is -1.43. The highest BCUT2D eigenvalue weighted by Crippen LogP contribution is 2.29. The second-order valence-electron chi connectivity index (χ2n) is 3.07. The molecule has 16 heavy (non-hydrogen) atoms. The lowest BCUT2D eigenvalue weighted by Crippen LogP contribution is -2.15. The van der Waals surface area contributed by atoms with Crippen molar-refractivity contribution in [2.24, 2.45) is 0 Å². The number of ether oxygens (including phenoxy) is 2. The van der Waals surface area contributed by atoms with E-state index in [1.54, 1.807) is 25.1 Å². The predicted octanol–water partition coefficient (Wildman–Crippen LogP) is 1.47. The van der Waals surface area contributed by atoms with E-state index in [1.807, 2.05) is 0 Å². The molecular weight excluding hydrogens is 230 g/mol. The topological polar surface area (TPSA) is 64.6 Å². The third-order valence-electron chi connectivity index (χ3n) is 2.05. The largest absolute Gasteiger partial charge is 0.497 e. The molecule has 6 heteroatoms. The third kappa shape index (κ3) is 3.03. The molecule has 0 heterocycles. The second-order valence-corrected chi connectivity index (χ2v) is 5.08. The molecular formula is C10H15NO4S. The number of benzene rings is 1. The molecule has 0 aliphatic carbocycles. The van der Waals surface area contributed by atoms with E-state index >= 15 is 0 Å². The maximum Gasteiger partial charge on any atom is 0.232 e. The highest BCUT2D eigenvalue weighted by molar-refractivity contribution is 7.92. The summed E-state index contributed by atoms with van der Waals surface area (Å²) in [5.41, 5.74) is 0.378. The summed E-state index contributed by atoms with van der Waals surface area (Å²) in [7, 11) is -0.324. The van der Waals surface area contributed by atoms with Crippen molar-refractivity contribution < 1.29 is 17.9 Å². The molecule has 90 valence electrons. The van der Waals surface area contributed by atoms with E-state index in [0.717, 1.165) is 0 Å². The van der Waals surface area contributed by atoms with Crippen molar-refractivity contribution in [2.75, 3.05) is 24.7 Å². The molecule has 0 saturated carbocycles. The molecule has 1 N–H and O–H groups in total. The van der Waals surface area contributed by atoms with Gasteiger partial charge in [-0.25, -0.2) is 8.42 Å². The van der Waals surface area contributed by atoms with Gasteiger partial charge in [-0.3, -0.25) is 4.72 Å². The molecule has 0 aliphatic heterocycles. The van der Waals surface area contributed by atoms with Crippen LogP contribution in [0.5, 0.6) is 11.5 Å². The Morgan fingerprint density at radius 1 is 1.25 bits per heavy atom. The molecule has 1 aromatic carbocycles. The first-order chi connectivity index (χ1) is 7.52. The minimum absolute atomic E-state index is 0.00731. The Balaban J connectivity index is 3.10. The van der Waals surface area contributed by atoms with Crippen molar-refractivity contribution in [3.05, 3.63) is 18.2 Å². The van der Waals surface area contributed by atoms with Gasteiger partial charge in [-0.15, -0.1) is 0 Å². The number of sulfonamides is 1. The van der Waals surface area contributed by atoms with Gasteiger partial charge >= 0.3 is 0 Å². The Bertz CT molecular complexity index is 456. The third-order valence-corrected chi connectivity index (χ3v) is 3.34. The van der Waals surface area contributed by atoms with Crippen molar-refractivity contribution in [3.63, 3.8) is 0 Å². The Labute approximate surface area is 95.4 Å². The molecule has 0 aromatic heterocycles. The quantitative estimate of drug-likeness (QED) is 0.853. The molecule has 1 aromatic rings. The van der Waals surface area contributed by atoms with Gasteiger partial charge in [0, 0.05) is 6.07 Å². The molecule has 1 rings (SSSR count). The summed E-state index contributed by atoms with van der Waals surface area (Å²) in [5, 5.41) is 0. The average molecular weight is 245 g/mol. The molecule has 0 spiro atoms. The number of methoxy groups -OCH3 is 2. The lowest BCUT2D eigenvalue weighted by molar-refractivity contribution is 0.405. The van der Waals surface area contributed by atoms with Crippen molar-refractivity contribution in [3.8, 4) is 11.5 Å². The van der Waals surface area contributed by atoms with Gasteiger partial charge < -0.3 is 9.47 Å². The number of rotatable bonds is 5. The monoisotopic (exact) mass is 245 g/mol. The molecule has 0 unspecified atom stereocenters. The van der Waals surface area contributed by atoms with Crippen molar-refractivity contribution in [2.45, 2.75) is 6.92 Å². The lowest BCUT2D eigenvalue weighted by atomic mass is 10.3. The van der Waals surface area contributed by atoms with Crippen LogP contribution in [0.1, 0.15) is 6.92 Å². The summed E-state index contributed by atoms with van der Waals surface area (Å²) < 4.78 is 35.4. The second kappa shape index (κ2) is 5.07. The Kier molecular flexibility index (Phi) is 4.00. The van der Waals surface area contributed by atoms with Crippen LogP contribution in [0.4, 0.5) is 5.69 Å². The zero-order valence-electron chi connectivity index (χ0n) is 9.48. The summed E-state index contributed by atoms with van der Waals surface area (Å²) in [4.78, 5) is 0. The molecule has 0 saturated heterocycles. The van der Waals surface area contributed by atoms with E-state index in [1.165, 1.54) is 14.2 Å². The molecule has 0 fully saturated rings. The smallest absolute Gasteiger partial charge is 0.232 e. The van der Waals surface area contributed by atoms with Crippen LogP contribution in [-0.2, 0) is 10.0 Å². The fourth-order valence-electron chi connectivity index (χ4n) is 1.13. The van der Waals surface area contributed by atoms with Crippen LogP contribution in [0.25, 0.3) is 0 Å². The standard InChI is InChI=1S/C10H15NO4S/c1-4-16(12,13)11-9-7-8(14-2)5-6-10(9)15-3/h5-7,11H,4H2,1-3H3. The van der Waals surface area contributed by atoms with Gasteiger partial charge in [0.05, 0.1) is 25.7 Å². The lowest BCUT2D eigenvalue weighted by Gasteiger charge is -2.11. The minimum atomic E-state index is -3.32. The first-order valence-electron chi connectivity index (χ1n) is 4.75. The van der Waals surface area contributed by atoms with E-state index in [9.17, 15) is 8.42 Å². The zero-order chi connectivity index (χ0) is 12.2. The molecule has 5 nitrogen and oxygen atoms in total. The fraction of sp³-hybridized carbons (Fsp3) is 0.400. The van der Waals surface area contributed by atoms with Crippen molar-refractivity contribution in [1.82, 2.24) is 0 Å². The number of hydrogen-bond acceptors (Lipinski definition) is 4. The van der Waals surface area contributed by atoms with E-state index < -0.39 is 10.0 Å². The van der Waals surface area contributed by atoms with Crippen LogP contribution in [-0.4, -0.2) is 28.4 Å². The van der Waals surface area contributed by atoms with E-state index in [0.29, 0.717) is 17.2 Å². The maximum absolute atomic E-state index is 11.4. The fourth-order valence-corrected chi connectivity index (χ4v) is 1.77. The first kappa shape index (κ1) is 12.6. The average Bonchev–Trinajstić information content (AvgIpc) is 2.28. The van der Waals surface area contributed by atoms with Crippen LogP contribution in [0.15, 0.2) is 18.2 Å². The normalized spacial score (nSPS) is 10.9. The van der Waals surface area contributed by atoms with Crippen LogP contribution in [0, 0.1) is 0 Å². The molecule has 0 bridgehead atoms. The SMILES string of the molecule is CCS(=O)(=O)Nc1cc(OC)ccc1OC. The van der Waals surface area contributed by atoms with E-state index in [4.69, 9.17) is 9.47 Å². The Morgan fingerprint density at radius 3 is 2.44 bits per heavy atom. The number of anilines is 1. The number of hydrogen-bond donors (Lipinski definition) is 1. The molecule has 0 radical (unpaired) electrons. The summed E-state index contributed by atoms with van der Waals surface area (Å²) in [6, 6.07) is 4.92. The zero-order valence-corrected chi connectivity index (χ0v) is 10.3. The van der Waals surface area contributed by atoms with Crippen molar-refractivity contribution in [1.29, 1.82) is 0 Å². The molecule has 0 aliphatic rings. The van der Waals surface area contributed by atoms with Gasteiger partial charge in [0.2, 0.25) is 10.0 Å². The van der Waals surface area contributed by atoms with Crippen LogP contribution >= 0.6 is 0 Å². The summed E-state index contributed by atoms with van der Waals surface area (Å²) >= 11 is 0. The van der Waals surface area contributed by atoms with Gasteiger partial charge in [-0.2, -0.15) is 0 Å². The van der Waals surface area contributed by atoms with Gasteiger partial charge in [-0.05, 0) is 19.1 Å². The minimum Gasteiger partial charge on any atom is -0.497 e. The highest BCUT2D eigenvalue weighted by atomic mass is 32.2. The van der Waals surface area contributed by atoms with Gasteiger partial charge in [-0.1, -0.05) is 0 Å². The van der Waals surface area contributed by atoms with E-state index in [-0.39, 0.29) is 5.75 Å². The summed E-state index contributed by atoms with van der Waals surface area (Å²) in [6.07, 6.45) is 0. The first-order valence-corrected chi connectivity index (χ1v) is 6.40. The maximum atomic E-state index is 11.4. The van der Waals surface area contributed by atoms with Crippen LogP contribution < -0.4 is 14.2 Å². The summed E-state index contributed by atoms with van der Waals surface area (Å²) in [6.45, 7) is 1.56. The number of nitrogens with one attached hydrogen (secondary N) is 1. The summed E-state index contributed by atoms with van der Waals surface area (Å²) in [5.74, 6) is 1.03.